The molecule has 0 bridgehead atoms. The first-order valence-corrected chi connectivity index (χ1v) is 5.26. The van der Waals surface area contributed by atoms with Gasteiger partial charge in [-0.2, -0.15) is 0 Å². The lowest BCUT2D eigenvalue weighted by atomic mass is 10.1. The van der Waals surface area contributed by atoms with E-state index >= 15 is 0 Å². The fraction of sp³-hybridized carbons (Fsp3) is 0.417. The standard InChI is InChI=1S/C12H19N3O/c1-8-6-10(15(3)7-9(2)16)4-5-11(8)12(13)14/h4-6,9,16H,7H2,1-3H3,(H3,13,14). The fourth-order valence-corrected chi connectivity index (χ4v) is 1.69. The molecule has 0 saturated heterocycles. The highest BCUT2D eigenvalue weighted by Gasteiger charge is 2.07. The summed E-state index contributed by atoms with van der Waals surface area (Å²) in [7, 11) is 1.93. The number of aliphatic hydroxyl groups excluding tert-OH is 1. The molecule has 0 saturated carbocycles. The molecule has 4 nitrogen and oxygen atoms in total. The van der Waals surface area contributed by atoms with Crippen molar-refractivity contribution in [3.8, 4) is 0 Å². The predicted octanol–water partition coefficient (Wildman–Crippen LogP) is 1.10. The summed E-state index contributed by atoms with van der Waals surface area (Å²) in [6, 6.07) is 5.72. The first-order chi connectivity index (χ1) is 7.41. The molecule has 16 heavy (non-hydrogen) atoms. The van der Waals surface area contributed by atoms with E-state index in [4.69, 9.17) is 11.1 Å². The van der Waals surface area contributed by atoms with Crippen LogP contribution in [0.3, 0.4) is 0 Å². The highest BCUT2D eigenvalue weighted by atomic mass is 16.3. The lowest BCUT2D eigenvalue weighted by molar-refractivity contribution is 0.201. The number of likely N-dealkylation sites (N-methyl/N-ethyl adjacent to an activating group) is 1. The number of nitrogens with one attached hydrogen (secondary N) is 1. The van der Waals surface area contributed by atoms with Crippen LogP contribution in [0.1, 0.15) is 18.1 Å². The van der Waals surface area contributed by atoms with Gasteiger partial charge in [-0.15, -0.1) is 0 Å². The highest BCUT2D eigenvalue weighted by molar-refractivity contribution is 5.96. The van der Waals surface area contributed by atoms with Crippen LogP contribution in [0.25, 0.3) is 0 Å². The van der Waals surface area contributed by atoms with Gasteiger partial charge in [0.15, 0.2) is 0 Å². The van der Waals surface area contributed by atoms with Gasteiger partial charge in [-0.25, -0.2) is 0 Å². The van der Waals surface area contributed by atoms with Crippen LogP contribution in [0.2, 0.25) is 0 Å². The van der Waals surface area contributed by atoms with Crippen LogP contribution in [0.15, 0.2) is 18.2 Å². The molecule has 0 amide bonds. The molecule has 1 unspecified atom stereocenters. The van der Waals surface area contributed by atoms with Crippen molar-refractivity contribution < 1.29 is 5.11 Å². The molecule has 0 aliphatic heterocycles. The minimum absolute atomic E-state index is 0.0854. The molecule has 0 heterocycles. The number of nitrogens with zero attached hydrogens (tertiary/aromatic N) is 1. The lowest BCUT2D eigenvalue weighted by Crippen LogP contribution is -2.27. The molecule has 1 aromatic carbocycles. The maximum absolute atomic E-state index is 9.30. The van der Waals surface area contributed by atoms with Gasteiger partial charge in [0.2, 0.25) is 0 Å². The van der Waals surface area contributed by atoms with E-state index in [-0.39, 0.29) is 11.9 Å². The number of aliphatic hydroxyl groups is 1. The first kappa shape index (κ1) is 12.5. The van der Waals surface area contributed by atoms with Crippen LogP contribution < -0.4 is 10.6 Å². The quantitative estimate of drug-likeness (QED) is 0.526. The van der Waals surface area contributed by atoms with E-state index in [1.165, 1.54) is 0 Å². The third-order valence-electron chi connectivity index (χ3n) is 2.48. The van der Waals surface area contributed by atoms with Gasteiger partial charge in [-0.05, 0) is 37.6 Å². The first-order valence-electron chi connectivity index (χ1n) is 5.26. The summed E-state index contributed by atoms with van der Waals surface area (Å²) in [5.74, 6) is 0.0854. The maximum atomic E-state index is 9.30. The highest BCUT2D eigenvalue weighted by Crippen LogP contribution is 2.18. The molecule has 0 radical (unpaired) electrons. The average molecular weight is 221 g/mol. The largest absolute Gasteiger partial charge is 0.392 e. The van der Waals surface area contributed by atoms with Gasteiger partial charge in [0.1, 0.15) is 5.84 Å². The van der Waals surface area contributed by atoms with Crippen LogP contribution >= 0.6 is 0 Å². The van der Waals surface area contributed by atoms with Crippen molar-refractivity contribution in [3.05, 3.63) is 29.3 Å². The third kappa shape index (κ3) is 2.97. The number of amidine groups is 1. The zero-order valence-corrected chi connectivity index (χ0v) is 9.99. The summed E-state index contributed by atoms with van der Waals surface area (Å²) >= 11 is 0. The Morgan fingerprint density at radius 2 is 2.19 bits per heavy atom. The minimum Gasteiger partial charge on any atom is -0.392 e. The topological polar surface area (TPSA) is 73.3 Å². The molecular weight excluding hydrogens is 202 g/mol. The summed E-state index contributed by atoms with van der Waals surface area (Å²) in [4.78, 5) is 1.97. The van der Waals surface area contributed by atoms with E-state index in [2.05, 4.69) is 0 Å². The SMILES string of the molecule is Cc1cc(N(C)CC(C)O)ccc1C(=N)N. The second-order valence-electron chi connectivity index (χ2n) is 4.14. The lowest BCUT2D eigenvalue weighted by Gasteiger charge is -2.21. The Kier molecular flexibility index (Phi) is 3.90. The maximum Gasteiger partial charge on any atom is 0.123 e. The molecule has 88 valence electrons. The summed E-state index contributed by atoms with van der Waals surface area (Å²) < 4.78 is 0. The number of benzene rings is 1. The van der Waals surface area contributed by atoms with Gasteiger partial charge in [-0.1, -0.05) is 0 Å². The molecule has 4 heteroatoms. The van der Waals surface area contributed by atoms with E-state index in [0.717, 1.165) is 16.8 Å². The van der Waals surface area contributed by atoms with Crippen molar-refractivity contribution in [1.29, 1.82) is 5.41 Å². The molecule has 0 aromatic heterocycles. The smallest absolute Gasteiger partial charge is 0.123 e. The third-order valence-corrected chi connectivity index (χ3v) is 2.48. The second-order valence-corrected chi connectivity index (χ2v) is 4.14. The monoisotopic (exact) mass is 221 g/mol. The van der Waals surface area contributed by atoms with Crippen LogP contribution in [-0.2, 0) is 0 Å². The summed E-state index contributed by atoms with van der Waals surface area (Å²) in [5, 5.41) is 16.7. The van der Waals surface area contributed by atoms with Crippen molar-refractivity contribution in [2.45, 2.75) is 20.0 Å². The molecule has 0 spiro atoms. The Morgan fingerprint density at radius 3 is 2.62 bits per heavy atom. The van der Waals surface area contributed by atoms with Crippen molar-refractivity contribution in [1.82, 2.24) is 0 Å². The van der Waals surface area contributed by atoms with Crippen molar-refractivity contribution in [2.75, 3.05) is 18.5 Å². The number of hydrogen-bond acceptors (Lipinski definition) is 3. The number of hydrogen-bond donors (Lipinski definition) is 3. The molecule has 0 aliphatic rings. The number of rotatable bonds is 4. The summed E-state index contributed by atoms with van der Waals surface area (Å²) in [5.41, 5.74) is 8.20. The van der Waals surface area contributed by atoms with E-state index in [0.29, 0.717) is 6.54 Å². The van der Waals surface area contributed by atoms with Gasteiger partial charge in [0.25, 0.3) is 0 Å². The fourth-order valence-electron chi connectivity index (χ4n) is 1.69. The van der Waals surface area contributed by atoms with E-state index in [1.807, 2.05) is 37.1 Å². The van der Waals surface area contributed by atoms with E-state index < -0.39 is 0 Å². The predicted molar refractivity (Wildman–Crippen MR) is 67.1 cm³/mol. The Morgan fingerprint density at radius 1 is 1.56 bits per heavy atom. The molecular formula is C12H19N3O. The Hall–Kier alpha value is -1.55. The van der Waals surface area contributed by atoms with Gasteiger partial charge in [0, 0.05) is 24.8 Å². The molecule has 4 N–H and O–H groups in total. The number of nitrogens with two attached hydrogens (primary N) is 1. The Bertz CT molecular complexity index is 388. The van der Waals surface area contributed by atoms with Gasteiger partial charge < -0.3 is 15.7 Å². The van der Waals surface area contributed by atoms with Crippen LogP contribution in [0, 0.1) is 12.3 Å². The van der Waals surface area contributed by atoms with E-state index in [9.17, 15) is 5.11 Å². The Labute approximate surface area is 96.2 Å². The van der Waals surface area contributed by atoms with Gasteiger partial charge >= 0.3 is 0 Å². The van der Waals surface area contributed by atoms with Crippen molar-refractivity contribution in [3.63, 3.8) is 0 Å². The van der Waals surface area contributed by atoms with Crippen molar-refractivity contribution in [2.24, 2.45) is 5.73 Å². The van der Waals surface area contributed by atoms with E-state index in [1.54, 1.807) is 6.92 Å². The average Bonchev–Trinajstić information content (AvgIpc) is 2.15. The molecule has 0 aliphatic carbocycles. The van der Waals surface area contributed by atoms with Crippen LogP contribution in [-0.4, -0.2) is 30.6 Å². The number of aryl methyl sites for hydroxylation is 1. The zero-order valence-electron chi connectivity index (χ0n) is 9.99. The second kappa shape index (κ2) is 4.99. The zero-order chi connectivity index (χ0) is 12.3. The van der Waals surface area contributed by atoms with Crippen LogP contribution in [0.4, 0.5) is 5.69 Å². The summed E-state index contributed by atoms with van der Waals surface area (Å²) in [6.45, 7) is 4.27. The van der Waals surface area contributed by atoms with Gasteiger partial charge in [0.05, 0.1) is 6.10 Å². The molecule has 1 aromatic rings. The van der Waals surface area contributed by atoms with Crippen LogP contribution in [0.5, 0.6) is 0 Å². The Balaban J connectivity index is 2.92. The molecule has 1 atom stereocenters. The molecule has 0 fully saturated rings. The normalized spacial score (nSPS) is 12.2. The summed E-state index contributed by atoms with van der Waals surface area (Å²) in [6.07, 6.45) is -0.363. The minimum atomic E-state index is -0.363. The van der Waals surface area contributed by atoms with Crippen molar-refractivity contribution >= 4 is 11.5 Å². The molecule has 1 rings (SSSR count). The number of nitrogen functional groups attached to an aromatic ring is 1. The number of anilines is 1. The van der Waals surface area contributed by atoms with Gasteiger partial charge in [-0.3, -0.25) is 5.41 Å².